The Morgan fingerprint density at radius 1 is 0.517 bits per heavy atom. The fourth-order valence-corrected chi connectivity index (χ4v) is 15.1. The number of carboxylic acid groups (broad SMARTS) is 1. The predicted octanol–water partition coefficient (Wildman–Crippen LogP) is -2.06. The lowest BCUT2D eigenvalue weighted by Crippen LogP contribution is -2.63. The number of aliphatic hydroxyl groups excluding tert-OH is 2. The van der Waals surface area contributed by atoms with Gasteiger partial charge >= 0.3 is 5.97 Å². The number of carboxylic acids is 1. The van der Waals surface area contributed by atoms with E-state index in [4.69, 9.17) is 11.5 Å². The number of aromatic nitrogens is 1. The number of hydrogen-bond acceptors (Lipinski definition) is 22. The summed E-state index contributed by atoms with van der Waals surface area (Å²) in [4.78, 5) is 209. The van der Waals surface area contributed by atoms with E-state index < -0.39 is 206 Å². The number of H-pyrrole nitrogens is 1. The number of amides is 13. The molecule has 0 spiro atoms. The van der Waals surface area contributed by atoms with E-state index >= 15 is 24.0 Å². The molecule has 0 aliphatic carbocycles. The number of aromatic hydroxyl groups is 1. The van der Waals surface area contributed by atoms with Crippen LogP contribution in [0, 0.1) is 0 Å². The molecule has 2 fully saturated rings. The first-order valence-corrected chi connectivity index (χ1v) is 41.3. The van der Waals surface area contributed by atoms with Gasteiger partial charge in [0.25, 0.3) is 0 Å². The molecule has 2 aliphatic heterocycles. The second-order valence-electron chi connectivity index (χ2n) is 29.1. The van der Waals surface area contributed by atoms with Crippen LogP contribution in [0.5, 0.6) is 5.75 Å². The molecule has 0 saturated carbocycles. The Labute approximate surface area is 689 Å². The highest BCUT2D eigenvalue weighted by Gasteiger charge is 2.39. The number of aromatic amines is 1. The molecule has 5 aromatic carbocycles. The summed E-state index contributed by atoms with van der Waals surface area (Å²) in [6.45, 7) is 3.29. The zero-order valence-corrected chi connectivity index (χ0v) is 67.2. The molecule has 2 aliphatic rings. The fourth-order valence-electron chi connectivity index (χ4n) is 12.8. The van der Waals surface area contributed by atoms with Gasteiger partial charge in [0.1, 0.15) is 72.2 Å². The number of carbonyl (C=O) groups is 14. The molecule has 13 atom stereocenters. The van der Waals surface area contributed by atoms with Crippen molar-refractivity contribution in [2.45, 2.75) is 183 Å². The number of fused-ring (bicyclic) bond motifs is 11. The maximum Gasteiger partial charge on any atom is 0.327 e. The van der Waals surface area contributed by atoms with Crippen molar-refractivity contribution < 1.29 is 87.5 Å². The normalized spacial score (nSPS) is 23.4. The number of hydrogen-bond donors (Lipinski definition) is 21. The van der Waals surface area contributed by atoms with Crippen molar-refractivity contribution in [3.05, 3.63) is 173 Å². The summed E-state index contributed by atoms with van der Waals surface area (Å²) in [6.07, 6.45) is -2.84. The minimum Gasteiger partial charge on any atom is -0.508 e. The van der Waals surface area contributed by atoms with Crippen LogP contribution in [0.2, 0.25) is 0 Å². The summed E-state index contributed by atoms with van der Waals surface area (Å²) in [5.41, 5.74) is 16.2. The van der Waals surface area contributed by atoms with Gasteiger partial charge in [-0.1, -0.05) is 151 Å². The van der Waals surface area contributed by atoms with Gasteiger partial charge < -0.3 is 111 Å². The lowest BCUT2D eigenvalue weighted by atomic mass is 9.99. The molecule has 3 heterocycles. The van der Waals surface area contributed by atoms with E-state index in [9.17, 15) is 63.6 Å². The van der Waals surface area contributed by atoms with Crippen LogP contribution in [-0.2, 0) is 106 Å². The van der Waals surface area contributed by atoms with Crippen molar-refractivity contribution in [3.63, 3.8) is 0 Å². The van der Waals surface area contributed by atoms with E-state index in [1.54, 1.807) is 115 Å². The van der Waals surface area contributed by atoms with Crippen molar-refractivity contribution in [2.75, 3.05) is 37.7 Å². The standard InChI is InChI=1S/C81H105N17O18S2/c1-45(2)85-39-51-23-21-50(22-24-51)37-62-77(111)98-69(46(3)100)80(114)94-61(36-48-16-8-5-9-17-48)75(109)90-59-31-33-84-68(103)41-87-67(102)30-29-58(72(106)93-63(76(110)92-62)38-52-40-86-56-19-11-10-18-54(52)56)89-74(108)60(35-47-14-6-4-7-15-47)91-71(105)57(20-12-13-32-82)88-79(113)65(96-70(104)55(83)34-49-25-27-53(101)28-26-49)43-117-118-44-66(81(115)116)97-78(112)64(42-99)95-73(59)107/h4-11,14-19,21-28,40,45-46,55,57-66,69,85-86,99-101H,12-13,20,29-39,41-44,82-83H2,1-3H3,(H,84,103)(H,87,102)(H,88,113)(H,89,108)(H,90,109)(H,91,105)(H,92,110)(H,93,106)(H,94,114)(H,95,107)(H,96,104)(H,97,112)(H,98,111)(H,115,116)/t46-,55+,57+,58+,59+,60+,61+,62+,63-,64+,65+,66+,69+/m1/s1. The Balaban J connectivity index is 1.26. The minimum absolute atomic E-state index is 0.0622. The summed E-state index contributed by atoms with van der Waals surface area (Å²) < 4.78 is 0. The second-order valence-corrected chi connectivity index (χ2v) is 31.7. The maximum atomic E-state index is 15.6. The molecule has 23 N–H and O–H groups in total. The number of benzene rings is 5. The number of rotatable bonds is 22. The van der Waals surface area contributed by atoms with Crippen LogP contribution < -0.4 is 85.9 Å². The van der Waals surface area contributed by atoms with Crippen LogP contribution in [0.25, 0.3) is 10.9 Å². The molecule has 13 amide bonds. The topological polar surface area (TPSA) is 556 Å². The summed E-state index contributed by atoms with van der Waals surface area (Å²) in [5, 5.41) is 80.1. The highest BCUT2D eigenvalue weighted by Crippen LogP contribution is 2.25. The largest absolute Gasteiger partial charge is 0.508 e. The van der Waals surface area contributed by atoms with Crippen LogP contribution >= 0.6 is 21.6 Å². The van der Waals surface area contributed by atoms with E-state index in [1.807, 2.05) is 13.8 Å². The number of aliphatic carboxylic acids is 1. The first-order chi connectivity index (χ1) is 56.5. The number of phenolic OH excluding ortho intramolecular Hbond substituents is 1. The summed E-state index contributed by atoms with van der Waals surface area (Å²) >= 11 is 0. The van der Waals surface area contributed by atoms with Crippen LogP contribution in [-0.4, -0.2) is 231 Å². The number of nitrogens with one attached hydrogen (secondary N) is 15. The third-order valence-electron chi connectivity index (χ3n) is 19.5. The number of aliphatic hydroxyl groups is 2. The molecule has 2 bridgehead atoms. The molecule has 0 radical (unpaired) electrons. The van der Waals surface area contributed by atoms with Gasteiger partial charge in [-0.05, 0) is 104 Å². The zero-order valence-electron chi connectivity index (χ0n) is 65.6. The van der Waals surface area contributed by atoms with E-state index in [-0.39, 0.29) is 69.0 Å². The quantitative estimate of drug-likeness (QED) is 0.0257. The smallest absolute Gasteiger partial charge is 0.327 e. The van der Waals surface area contributed by atoms with E-state index in [2.05, 4.69) is 79.4 Å². The van der Waals surface area contributed by atoms with Crippen LogP contribution in [0.3, 0.4) is 0 Å². The third kappa shape index (κ3) is 29.3. The van der Waals surface area contributed by atoms with Crippen molar-refractivity contribution in [1.29, 1.82) is 0 Å². The molecule has 118 heavy (non-hydrogen) atoms. The van der Waals surface area contributed by atoms with Crippen molar-refractivity contribution in [1.82, 2.24) is 79.4 Å². The van der Waals surface area contributed by atoms with Gasteiger partial charge in [0.15, 0.2) is 0 Å². The molecule has 35 nitrogen and oxygen atoms in total. The van der Waals surface area contributed by atoms with Gasteiger partial charge in [-0.2, -0.15) is 0 Å². The highest BCUT2D eigenvalue weighted by atomic mass is 33.1. The van der Waals surface area contributed by atoms with Gasteiger partial charge in [0.05, 0.1) is 25.3 Å². The number of phenols is 1. The average molecular weight is 1670 g/mol. The Morgan fingerprint density at radius 3 is 1.61 bits per heavy atom. The van der Waals surface area contributed by atoms with Crippen LogP contribution in [0.4, 0.5) is 0 Å². The molecule has 1 aromatic heterocycles. The Morgan fingerprint density at radius 2 is 1.02 bits per heavy atom. The minimum atomic E-state index is -1.96. The van der Waals surface area contributed by atoms with Crippen molar-refractivity contribution >= 4 is 115 Å². The SMILES string of the molecule is CC(C)NCc1ccc(C[C@@H]2NC(=O)[C@@H](Cc3c[nH]c4ccccc34)NC(=O)[C@@H]3CCC(=O)NCC(=O)NCC[C@H](NC(=O)[C@H](Cc4ccccc4)NC(=O)[C@H]([C@@H](C)O)NC2=O)C(=O)N[C@@H](CO)C(=O)N[C@H](C(=O)O)CSSC[C@H](NC(=O)[C@@H](N)Cc2ccc(O)cc2)C(=O)N[C@@H](CCCCN)C(=O)N[C@@H](Cc2ccccc2)C(=O)N3)cc1. The van der Waals surface area contributed by atoms with Crippen LogP contribution in [0.15, 0.2) is 140 Å². The molecular formula is C81H105N17O18S2. The number of para-hydroxylation sites is 1. The van der Waals surface area contributed by atoms with Crippen molar-refractivity contribution in [3.8, 4) is 5.75 Å². The van der Waals surface area contributed by atoms with E-state index in [1.165, 1.54) is 31.2 Å². The molecule has 6 aromatic rings. The molecule has 634 valence electrons. The van der Waals surface area contributed by atoms with E-state index in [0.29, 0.717) is 51.7 Å². The zero-order chi connectivity index (χ0) is 85.4. The number of carbonyl (C=O) groups excluding carboxylic acids is 13. The summed E-state index contributed by atoms with van der Waals surface area (Å²) in [7, 11) is 1.63. The number of nitrogens with two attached hydrogens (primary N) is 2. The first kappa shape index (κ1) is 92.0. The Hall–Kier alpha value is -11.5. The molecule has 37 heteroatoms. The second kappa shape index (κ2) is 46.5. The highest BCUT2D eigenvalue weighted by molar-refractivity contribution is 8.76. The van der Waals surface area contributed by atoms with Gasteiger partial charge in [-0.3, -0.25) is 62.3 Å². The average Bonchev–Trinajstić information content (AvgIpc) is 1.62. The molecule has 2 saturated heterocycles. The lowest BCUT2D eigenvalue weighted by molar-refractivity contribution is -0.142. The Kier molecular flexibility index (Phi) is 36.2. The summed E-state index contributed by atoms with van der Waals surface area (Å²) in [5.74, 6) is -16.0. The summed E-state index contributed by atoms with van der Waals surface area (Å²) in [6, 6.07) is 16.0. The first-order valence-electron chi connectivity index (χ1n) is 38.9. The lowest BCUT2D eigenvalue weighted by Gasteiger charge is -2.29. The third-order valence-corrected chi connectivity index (χ3v) is 21.9. The van der Waals surface area contributed by atoms with Crippen molar-refractivity contribution in [2.24, 2.45) is 11.5 Å². The maximum absolute atomic E-state index is 15.6. The number of unbranched alkanes of at least 4 members (excludes halogenated alkanes) is 1. The Bertz CT molecular complexity index is 4430. The molecule has 8 rings (SSSR count). The molecular weight excluding hydrogens is 1560 g/mol. The van der Waals surface area contributed by atoms with Crippen LogP contribution in [0.1, 0.15) is 92.7 Å². The fraction of sp³-hybridized carbons (Fsp3) is 0.432. The van der Waals surface area contributed by atoms with Gasteiger partial charge in [0.2, 0.25) is 76.8 Å². The van der Waals surface area contributed by atoms with Gasteiger partial charge in [-0.25, -0.2) is 4.79 Å². The predicted molar refractivity (Wildman–Crippen MR) is 440 cm³/mol. The van der Waals surface area contributed by atoms with E-state index in [0.717, 1.165) is 27.2 Å². The monoisotopic (exact) mass is 1670 g/mol. The van der Waals surface area contributed by atoms with Gasteiger partial charge in [0, 0.05) is 79.8 Å². The molecule has 0 unspecified atom stereocenters. The van der Waals surface area contributed by atoms with Gasteiger partial charge in [-0.15, -0.1) is 0 Å².